The van der Waals surface area contributed by atoms with E-state index in [0.717, 1.165) is 12.3 Å². The van der Waals surface area contributed by atoms with E-state index < -0.39 is 38.2 Å². The number of rotatable bonds is 4. The van der Waals surface area contributed by atoms with Crippen molar-refractivity contribution in [3.63, 3.8) is 0 Å². The third-order valence-electron chi connectivity index (χ3n) is 4.03. The molecule has 3 rings (SSSR count). The Morgan fingerprint density at radius 3 is 2.25 bits per heavy atom. The molecule has 5 nitrogen and oxygen atoms in total. The summed E-state index contributed by atoms with van der Waals surface area (Å²) in [5.41, 5.74) is -0.535. The first-order valence-electron chi connectivity index (χ1n) is 7.92. The Kier molecular flexibility index (Phi) is 4.83. The minimum absolute atomic E-state index is 0.0690. The SMILES string of the molecule is CC1(C)OC(=O)C(Oc2ccsc2C(F)(F)F)=C1c1ccc(S(C)(=O)=O)cc1. The molecule has 0 spiro atoms. The molecule has 2 aromatic rings. The van der Waals surface area contributed by atoms with E-state index in [1.54, 1.807) is 13.8 Å². The molecular formula is C18H15F3O5S2. The highest BCUT2D eigenvalue weighted by Gasteiger charge is 2.44. The zero-order valence-corrected chi connectivity index (χ0v) is 16.6. The largest absolute Gasteiger partial charge is 0.449 e. The number of thiophene rings is 1. The van der Waals surface area contributed by atoms with Crippen molar-refractivity contribution in [2.75, 3.05) is 6.26 Å². The van der Waals surface area contributed by atoms with Crippen molar-refractivity contribution < 1.29 is 35.9 Å². The lowest BCUT2D eigenvalue weighted by atomic mass is 9.92. The molecule has 28 heavy (non-hydrogen) atoms. The van der Waals surface area contributed by atoms with Crippen molar-refractivity contribution in [1.82, 2.24) is 0 Å². The number of halogens is 3. The Balaban J connectivity index is 2.10. The van der Waals surface area contributed by atoms with Crippen LogP contribution in [0.2, 0.25) is 0 Å². The summed E-state index contributed by atoms with van der Waals surface area (Å²) in [7, 11) is -3.43. The lowest BCUT2D eigenvalue weighted by Gasteiger charge is -2.21. The van der Waals surface area contributed by atoms with Crippen LogP contribution in [0.4, 0.5) is 13.2 Å². The minimum atomic E-state index is -4.63. The van der Waals surface area contributed by atoms with Gasteiger partial charge in [-0.25, -0.2) is 13.2 Å². The molecule has 0 aliphatic carbocycles. The lowest BCUT2D eigenvalue weighted by molar-refractivity contribution is -0.146. The number of carbonyl (C=O) groups excluding carboxylic acids is 1. The lowest BCUT2D eigenvalue weighted by Crippen LogP contribution is -2.22. The van der Waals surface area contributed by atoms with Gasteiger partial charge in [0.2, 0.25) is 5.76 Å². The highest BCUT2D eigenvalue weighted by atomic mass is 32.2. The van der Waals surface area contributed by atoms with Crippen molar-refractivity contribution >= 4 is 32.7 Å². The second-order valence-electron chi connectivity index (χ2n) is 6.61. The first-order chi connectivity index (χ1) is 12.8. The third kappa shape index (κ3) is 3.79. The van der Waals surface area contributed by atoms with Crippen LogP contribution in [0.25, 0.3) is 5.57 Å². The Morgan fingerprint density at radius 2 is 1.71 bits per heavy atom. The summed E-state index contributed by atoms with van der Waals surface area (Å²) in [5, 5.41) is 1.21. The number of benzene rings is 1. The maximum atomic E-state index is 13.1. The molecular weight excluding hydrogens is 417 g/mol. The molecule has 1 aromatic heterocycles. The molecule has 0 radical (unpaired) electrons. The molecule has 0 atom stereocenters. The molecule has 0 saturated heterocycles. The quantitative estimate of drug-likeness (QED) is 0.674. The number of cyclic esters (lactones) is 1. The van der Waals surface area contributed by atoms with Crippen LogP contribution in [-0.4, -0.2) is 26.2 Å². The molecule has 1 aliphatic heterocycles. The minimum Gasteiger partial charge on any atom is -0.449 e. The Bertz CT molecular complexity index is 1060. The van der Waals surface area contributed by atoms with Crippen LogP contribution in [0.5, 0.6) is 5.75 Å². The van der Waals surface area contributed by atoms with Crippen LogP contribution in [0, 0.1) is 0 Å². The van der Waals surface area contributed by atoms with Gasteiger partial charge >= 0.3 is 12.1 Å². The maximum absolute atomic E-state index is 13.1. The second-order valence-corrected chi connectivity index (χ2v) is 9.55. The van der Waals surface area contributed by atoms with Crippen LogP contribution in [-0.2, 0) is 25.5 Å². The van der Waals surface area contributed by atoms with Crippen molar-refractivity contribution in [3.05, 3.63) is 51.9 Å². The zero-order valence-electron chi connectivity index (χ0n) is 15.0. The first-order valence-corrected chi connectivity index (χ1v) is 10.7. The maximum Gasteiger partial charge on any atom is 0.429 e. The standard InChI is InChI=1S/C18H15F3O5S2/c1-17(2)13(10-4-6-11(7-5-10)28(3,23)24)14(16(22)26-17)25-12-8-9-27-15(12)18(19,20)21/h4-9H,1-3H3. The number of hydrogen-bond acceptors (Lipinski definition) is 6. The highest BCUT2D eigenvalue weighted by Crippen LogP contribution is 2.44. The van der Waals surface area contributed by atoms with Gasteiger partial charge in [-0.1, -0.05) is 12.1 Å². The Morgan fingerprint density at radius 1 is 1.11 bits per heavy atom. The third-order valence-corrected chi connectivity index (χ3v) is 6.10. The number of carbonyl (C=O) groups is 1. The summed E-state index contributed by atoms with van der Waals surface area (Å²) in [5.74, 6) is -1.75. The molecule has 0 bridgehead atoms. The van der Waals surface area contributed by atoms with Crippen molar-refractivity contribution in [1.29, 1.82) is 0 Å². The van der Waals surface area contributed by atoms with Crippen molar-refractivity contribution in [3.8, 4) is 5.75 Å². The summed E-state index contributed by atoms with van der Waals surface area (Å²) in [4.78, 5) is 11.4. The average molecular weight is 432 g/mol. The molecule has 1 aromatic carbocycles. The van der Waals surface area contributed by atoms with E-state index in [1.807, 2.05) is 0 Å². The van der Waals surface area contributed by atoms with E-state index in [0.29, 0.717) is 16.9 Å². The fourth-order valence-corrected chi connectivity index (χ4v) is 4.16. The van der Waals surface area contributed by atoms with E-state index in [4.69, 9.17) is 9.47 Å². The van der Waals surface area contributed by atoms with E-state index in [2.05, 4.69) is 0 Å². The Hall–Kier alpha value is -2.33. The first kappa shape index (κ1) is 20.4. The van der Waals surface area contributed by atoms with E-state index in [-0.39, 0.29) is 16.2 Å². The van der Waals surface area contributed by atoms with Crippen molar-refractivity contribution in [2.24, 2.45) is 0 Å². The van der Waals surface area contributed by atoms with Gasteiger partial charge in [-0.05, 0) is 43.0 Å². The van der Waals surface area contributed by atoms with Gasteiger partial charge in [0, 0.05) is 6.26 Å². The number of hydrogen-bond donors (Lipinski definition) is 0. The van der Waals surface area contributed by atoms with Crippen LogP contribution >= 0.6 is 11.3 Å². The predicted octanol–water partition coefficient (Wildman–Crippen LogP) is 4.30. The van der Waals surface area contributed by atoms with Gasteiger partial charge < -0.3 is 9.47 Å². The van der Waals surface area contributed by atoms with E-state index in [9.17, 15) is 26.4 Å². The number of ether oxygens (including phenoxy) is 2. The highest BCUT2D eigenvalue weighted by molar-refractivity contribution is 7.90. The fraction of sp³-hybridized carbons (Fsp3) is 0.278. The molecule has 1 aliphatic rings. The van der Waals surface area contributed by atoms with Crippen LogP contribution in [0.15, 0.2) is 46.4 Å². The van der Waals surface area contributed by atoms with Gasteiger partial charge in [0.05, 0.1) is 10.5 Å². The molecule has 0 unspecified atom stereocenters. The Labute approximate surface area is 163 Å². The topological polar surface area (TPSA) is 69.7 Å². The van der Waals surface area contributed by atoms with Gasteiger partial charge in [-0.3, -0.25) is 0 Å². The van der Waals surface area contributed by atoms with Gasteiger partial charge in [-0.15, -0.1) is 11.3 Å². The van der Waals surface area contributed by atoms with E-state index >= 15 is 0 Å². The molecule has 10 heteroatoms. The van der Waals surface area contributed by atoms with Gasteiger partial charge in [0.25, 0.3) is 0 Å². The van der Waals surface area contributed by atoms with Crippen LogP contribution in [0.1, 0.15) is 24.3 Å². The van der Waals surface area contributed by atoms with Crippen LogP contribution < -0.4 is 4.74 Å². The summed E-state index contributed by atoms with van der Waals surface area (Å²) >= 11 is 0.451. The fourth-order valence-electron chi connectivity index (χ4n) is 2.84. The predicted molar refractivity (Wildman–Crippen MR) is 96.6 cm³/mol. The molecule has 2 heterocycles. The molecule has 0 N–H and O–H groups in total. The van der Waals surface area contributed by atoms with Crippen LogP contribution in [0.3, 0.4) is 0 Å². The number of esters is 1. The second kappa shape index (κ2) is 6.63. The zero-order chi connectivity index (χ0) is 20.9. The van der Waals surface area contributed by atoms with Gasteiger partial charge in [-0.2, -0.15) is 13.2 Å². The summed E-state index contributed by atoms with van der Waals surface area (Å²) < 4.78 is 73.3. The normalized spacial score (nSPS) is 17.0. The van der Waals surface area contributed by atoms with Gasteiger partial charge in [0.1, 0.15) is 5.60 Å². The monoisotopic (exact) mass is 432 g/mol. The molecule has 0 amide bonds. The van der Waals surface area contributed by atoms with Gasteiger partial charge in [0.15, 0.2) is 20.5 Å². The molecule has 0 saturated carbocycles. The van der Waals surface area contributed by atoms with E-state index in [1.165, 1.54) is 29.6 Å². The smallest absolute Gasteiger partial charge is 0.429 e. The summed E-state index contributed by atoms with van der Waals surface area (Å²) in [6.07, 6.45) is -3.57. The van der Waals surface area contributed by atoms with Crippen molar-refractivity contribution in [2.45, 2.75) is 30.5 Å². The summed E-state index contributed by atoms with van der Waals surface area (Å²) in [6.45, 7) is 3.14. The summed E-state index contributed by atoms with van der Waals surface area (Å²) in [6, 6.07) is 6.73. The number of alkyl halides is 3. The molecule has 150 valence electrons. The average Bonchev–Trinajstić information content (AvgIpc) is 3.09. The molecule has 0 fully saturated rings. The number of sulfone groups is 1.